The van der Waals surface area contributed by atoms with Crippen LogP contribution >= 0.6 is 11.6 Å². The molecule has 7 nitrogen and oxygen atoms in total. The first-order valence-electron chi connectivity index (χ1n) is 11.6. The molecule has 1 saturated heterocycles. The topological polar surface area (TPSA) is 69.2 Å². The Balaban J connectivity index is 1.32. The summed E-state index contributed by atoms with van der Waals surface area (Å²) >= 11 is 6.10. The van der Waals surface area contributed by atoms with Gasteiger partial charge in [0.15, 0.2) is 0 Å². The molecule has 180 valence electrons. The molecule has 0 aliphatic carbocycles. The van der Waals surface area contributed by atoms with Crippen LogP contribution in [0.5, 0.6) is 0 Å². The SMILES string of the molecule is Cc1cc(N2CCN(C)CC2)nc(NCc2cc(Nc3ccnc4cc(Cl)ccc34)ccc2F)n1. The van der Waals surface area contributed by atoms with Crippen LogP contribution in [0.2, 0.25) is 5.02 Å². The molecule has 5 rings (SSSR count). The zero-order chi connectivity index (χ0) is 24.4. The molecule has 0 unspecified atom stereocenters. The highest BCUT2D eigenvalue weighted by atomic mass is 35.5. The molecule has 9 heteroatoms. The molecular formula is C26H27ClFN7. The summed E-state index contributed by atoms with van der Waals surface area (Å²) in [6.07, 6.45) is 1.72. The standard InChI is InChI=1S/C26H27ClFN7/c1-17-13-25(35-11-9-34(2)10-12-35)33-26(31-17)30-16-18-14-20(4-6-22(18)28)32-23-7-8-29-24-15-19(27)3-5-21(23)24/h3-8,13-15H,9-12,16H2,1-2H3,(H,29,32)(H,30,31,33). The van der Waals surface area contributed by atoms with Crippen LogP contribution in [0.25, 0.3) is 10.9 Å². The molecular weight excluding hydrogens is 465 g/mol. The zero-order valence-electron chi connectivity index (χ0n) is 19.7. The van der Waals surface area contributed by atoms with Gasteiger partial charge in [-0.3, -0.25) is 4.98 Å². The summed E-state index contributed by atoms with van der Waals surface area (Å²) in [5.74, 6) is 1.10. The van der Waals surface area contributed by atoms with Crippen LogP contribution < -0.4 is 15.5 Å². The number of hydrogen-bond acceptors (Lipinski definition) is 7. The van der Waals surface area contributed by atoms with Gasteiger partial charge in [-0.1, -0.05) is 11.6 Å². The van der Waals surface area contributed by atoms with Crippen molar-refractivity contribution in [1.82, 2.24) is 19.9 Å². The fourth-order valence-corrected chi connectivity index (χ4v) is 4.34. The number of nitrogens with zero attached hydrogens (tertiary/aromatic N) is 5. The lowest BCUT2D eigenvalue weighted by Crippen LogP contribution is -2.44. The predicted octanol–water partition coefficient (Wildman–Crippen LogP) is 5.23. The van der Waals surface area contributed by atoms with E-state index in [0.717, 1.165) is 60.0 Å². The molecule has 3 heterocycles. The van der Waals surface area contributed by atoms with Crippen LogP contribution in [-0.2, 0) is 6.54 Å². The van der Waals surface area contributed by atoms with E-state index in [1.807, 2.05) is 37.3 Å². The average Bonchev–Trinajstić information content (AvgIpc) is 2.84. The zero-order valence-corrected chi connectivity index (χ0v) is 20.5. The third kappa shape index (κ3) is 5.44. The monoisotopic (exact) mass is 491 g/mol. The van der Waals surface area contributed by atoms with Gasteiger partial charge >= 0.3 is 0 Å². The first kappa shape index (κ1) is 23.3. The lowest BCUT2D eigenvalue weighted by atomic mass is 10.1. The maximum Gasteiger partial charge on any atom is 0.225 e. The summed E-state index contributed by atoms with van der Waals surface area (Å²) in [7, 11) is 2.12. The van der Waals surface area contributed by atoms with E-state index in [9.17, 15) is 4.39 Å². The molecule has 1 aliphatic rings. The van der Waals surface area contributed by atoms with Crippen molar-refractivity contribution in [3.05, 3.63) is 76.8 Å². The van der Waals surface area contributed by atoms with Crippen LogP contribution in [0, 0.1) is 12.7 Å². The highest BCUT2D eigenvalue weighted by Crippen LogP contribution is 2.28. The molecule has 2 aromatic heterocycles. The third-order valence-corrected chi connectivity index (χ3v) is 6.37. The van der Waals surface area contributed by atoms with Gasteiger partial charge in [0.1, 0.15) is 11.6 Å². The second-order valence-electron chi connectivity index (χ2n) is 8.79. The average molecular weight is 492 g/mol. The van der Waals surface area contributed by atoms with Crippen molar-refractivity contribution in [1.29, 1.82) is 0 Å². The largest absolute Gasteiger partial charge is 0.355 e. The van der Waals surface area contributed by atoms with Crippen LogP contribution in [0.4, 0.5) is 27.5 Å². The van der Waals surface area contributed by atoms with E-state index in [1.165, 1.54) is 6.07 Å². The number of fused-ring (bicyclic) bond motifs is 1. The first-order chi connectivity index (χ1) is 16.9. The van der Waals surface area contributed by atoms with Gasteiger partial charge < -0.3 is 20.4 Å². The van der Waals surface area contributed by atoms with Crippen molar-refractivity contribution >= 4 is 45.6 Å². The minimum absolute atomic E-state index is 0.264. The molecule has 2 N–H and O–H groups in total. The second-order valence-corrected chi connectivity index (χ2v) is 9.22. The fraction of sp³-hybridized carbons (Fsp3) is 0.269. The van der Waals surface area contributed by atoms with E-state index in [1.54, 1.807) is 18.3 Å². The number of halogens is 2. The number of aromatic nitrogens is 3. The van der Waals surface area contributed by atoms with Gasteiger partial charge in [0.05, 0.1) is 5.52 Å². The van der Waals surface area contributed by atoms with Gasteiger partial charge in [0, 0.05) is 78.0 Å². The molecule has 1 aliphatic heterocycles. The smallest absolute Gasteiger partial charge is 0.225 e. The number of likely N-dealkylation sites (N-methyl/N-ethyl adjacent to an activating group) is 1. The summed E-state index contributed by atoms with van der Waals surface area (Å²) in [6, 6.07) is 14.4. The summed E-state index contributed by atoms with van der Waals surface area (Å²) in [5.41, 5.74) is 3.82. The summed E-state index contributed by atoms with van der Waals surface area (Å²) in [5, 5.41) is 8.15. The molecule has 4 aromatic rings. The number of nitrogens with one attached hydrogen (secondary N) is 2. The summed E-state index contributed by atoms with van der Waals surface area (Å²) < 4.78 is 14.6. The molecule has 0 spiro atoms. The van der Waals surface area contributed by atoms with Crippen LogP contribution in [0.15, 0.2) is 54.7 Å². The molecule has 1 fully saturated rings. The van der Waals surface area contributed by atoms with E-state index in [4.69, 9.17) is 11.6 Å². The highest BCUT2D eigenvalue weighted by Gasteiger charge is 2.17. The van der Waals surface area contributed by atoms with Crippen molar-refractivity contribution < 1.29 is 4.39 Å². The lowest BCUT2D eigenvalue weighted by Gasteiger charge is -2.33. The Bertz CT molecular complexity index is 1360. The molecule has 2 aromatic carbocycles. The van der Waals surface area contributed by atoms with Crippen molar-refractivity contribution in [3.63, 3.8) is 0 Å². The van der Waals surface area contributed by atoms with E-state index >= 15 is 0 Å². The van der Waals surface area contributed by atoms with Gasteiger partial charge in [-0.2, -0.15) is 4.98 Å². The van der Waals surface area contributed by atoms with Gasteiger partial charge in [-0.15, -0.1) is 0 Å². The van der Waals surface area contributed by atoms with E-state index in [0.29, 0.717) is 16.5 Å². The Morgan fingerprint density at radius 2 is 1.83 bits per heavy atom. The number of benzene rings is 2. The number of aryl methyl sites for hydroxylation is 1. The highest BCUT2D eigenvalue weighted by molar-refractivity contribution is 6.31. The van der Waals surface area contributed by atoms with Crippen molar-refractivity contribution in [2.75, 3.05) is 48.8 Å². The Morgan fingerprint density at radius 3 is 2.66 bits per heavy atom. The summed E-state index contributed by atoms with van der Waals surface area (Å²) in [4.78, 5) is 18.1. The van der Waals surface area contributed by atoms with E-state index < -0.39 is 0 Å². The first-order valence-corrected chi connectivity index (χ1v) is 12.0. The molecule has 0 atom stereocenters. The number of rotatable bonds is 6. The second kappa shape index (κ2) is 10.0. The van der Waals surface area contributed by atoms with Crippen molar-refractivity contribution in [2.45, 2.75) is 13.5 Å². The third-order valence-electron chi connectivity index (χ3n) is 6.13. The normalized spacial score (nSPS) is 14.3. The molecule has 35 heavy (non-hydrogen) atoms. The number of hydrogen-bond donors (Lipinski definition) is 2. The molecule has 0 bridgehead atoms. The molecule has 0 amide bonds. The maximum atomic E-state index is 14.6. The van der Waals surface area contributed by atoms with Gasteiger partial charge in [0.2, 0.25) is 5.95 Å². The summed E-state index contributed by atoms with van der Waals surface area (Å²) in [6.45, 7) is 6.05. The van der Waals surface area contributed by atoms with Crippen molar-refractivity contribution in [3.8, 4) is 0 Å². The maximum absolute atomic E-state index is 14.6. The Kier molecular flexibility index (Phi) is 6.66. The number of piperazine rings is 1. The van der Waals surface area contributed by atoms with Crippen LogP contribution in [-0.4, -0.2) is 53.1 Å². The Morgan fingerprint density at radius 1 is 1.00 bits per heavy atom. The lowest BCUT2D eigenvalue weighted by molar-refractivity contribution is 0.312. The minimum Gasteiger partial charge on any atom is -0.355 e. The van der Waals surface area contributed by atoms with Crippen LogP contribution in [0.1, 0.15) is 11.3 Å². The van der Waals surface area contributed by atoms with Gasteiger partial charge in [-0.25, -0.2) is 9.37 Å². The Labute approximate surface area is 209 Å². The Hall–Kier alpha value is -3.49. The minimum atomic E-state index is -0.290. The van der Waals surface area contributed by atoms with E-state index in [2.05, 4.69) is 42.4 Å². The van der Waals surface area contributed by atoms with E-state index in [-0.39, 0.29) is 12.4 Å². The number of anilines is 4. The van der Waals surface area contributed by atoms with Crippen LogP contribution in [0.3, 0.4) is 0 Å². The molecule has 0 saturated carbocycles. The predicted molar refractivity (Wildman–Crippen MR) is 140 cm³/mol. The fourth-order valence-electron chi connectivity index (χ4n) is 4.18. The van der Waals surface area contributed by atoms with Gasteiger partial charge in [0.25, 0.3) is 0 Å². The van der Waals surface area contributed by atoms with Crippen molar-refractivity contribution in [2.24, 2.45) is 0 Å². The molecule has 0 radical (unpaired) electrons. The number of pyridine rings is 1. The quantitative estimate of drug-likeness (QED) is 0.382. The van der Waals surface area contributed by atoms with Gasteiger partial charge in [-0.05, 0) is 56.4 Å².